The summed E-state index contributed by atoms with van der Waals surface area (Å²) in [4.78, 5) is 0. The fourth-order valence-electron chi connectivity index (χ4n) is 0.139. The van der Waals surface area contributed by atoms with Crippen molar-refractivity contribution in [2.24, 2.45) is 0 Å². The maximum Gasteiger partial charge on any atom is 0.180 e. The quantitative estimate of drug-likeness (QED) is 0.375. The van der Waals surface area contributed by atoms with E-state index in [0.29, 0.717) is 0 Å². The van der Waals surface area contributed by atoms with Crippen molar-refractivity contribution in [1.29, 1.82) is 0 Å². The smallest absolute Gasteiger partial charge is 0.180 e. The summed E-state index contributed by atoms with van der Waals surface area (Å²) in [5, 5.41) is 24.1. The van der Waals surface area contributed by atoms with Crippen LogP contribution in [-0.2, 0) is 4.74 Å². The third-order valence-electron chi connectivity index (χ3n) is 0.423. The molecule has 0 rings (SSSR count). The average Bonchev–Trinajstić information content (AvgIpc) is 1.68. The molecule has 0 saturated heterocycles. The molecule has 3 N–H and O–H groups in total. The van der Waals surface area contributed by atoms with Crippen LogP contribution < -0.4 is 0 Å². The van der Waals surface area contributed by atoms with Crippen LogP contribution in [0.25, 0.3) is 0 Å². The number of hydrogen-bond acceptors (Lipinski definition) is 4. The third-order valence-corrected chi connectivity index (χ3v) is 0.423. The van der Waals surface area contributed by atoms with E-state index in [1.54, 1.807) is 0 Å². The van der Waals surface area contributed by atoms with Gasteiger partial charge in [-0.1, -0.05) is 0 Å². The topological polar surface area (TPSA) is 69.9 Å². The van der Waals surface area contributed by atoms with Crippen molar-refractivity contribution in [3.05, 3.63) is 0 Å². The summed E-state index contributed by atoms with van der Waals surface area (Å²) in [5.41, 5.74) is 0. The molecule has 0 amide bonds. The van der Waals surface area contributed by atoms with Crippen molar-refractivity contribution in [2.75, 3.05) is 13.4 Å². The van der Waals surface area contributed by atoms with Crippen LogP contribution in [0.5, 0.6) is 0 Å². The predicted octanol–water partition coefficient (Wildman–Crippen LogP) is -1.74. The maximum absolute atomic E-state index is 8.23. The first-order valence-electron chi connectivity index (χ1n) is 1.82. The highest BCUT2D eigenvalue weighted by Crippen LogP contribution is 1.79. The molecule has 0 fully saturated rings. The van der Waals surface area contributed by atoms with Gasteiger partial charge >= 0.3 is 0 Å². The Morgan fingerprint density at radius 2 is 2.00 bits per heavy atom. The number of hydrogen-bond donors (Lipinski definition) is 3. The van der Waals surface area contributed by atoms with E-state index in [0.717, 1.165) is 0 Å². The molecule has 1 atom stereocenters. The van der Waals surface area contributed by atoms with Gasteiger partial charge in [0.1, 0.15) is 6.79 Å². The number of aliphatic hydroxyl groups excluding tert-OH is 3. The summed E-state index contributed by atoms with van der Waals surface area (Å²) in [7, 11) is 0. The van der Waals surface area contributed by atoms with E-state index in [-0.39, 0.29) is 0 Å². The minimum atomic E-state index is -1.25. The molecule has 0 aromatic heterocycles. The first-order valence-corrected chi connectivity index (χ1v) is 1.82. The molecule has 0 aliphatic heterocycles. The molecule has 4 nitrogen and oxygen atoms in total. The van der Waals surface area contributed by atoms with Crippen molar-refractivity contribution in [3.63, 3.8) is 0 Å². The van der Waals surface area contributed by atoms with Crippen molar-refractivity contribution in [3.8, 4) is 0 Å². The Kier molecular flexibility index (Phi) is 3.92. The van der Waals surface area contributed by atoms with Gasteiger partial charge in [-0.05, 0) is 0 Å². The molecule has 44 valence electrons. The van der Waals surface area contributed by atoms with E-state index in [4.69, 9.17) is 15.3 Å². The highest BCUT2D eigenvalue weighted by molar-refractivity contribution is 4.27. The van der Waals surface area contributed by atoms with Crippen LogP contribution in [0.3, 0.4) is 0 Å². The van der Waals surface area contributed by atoms with E-state index in [9.17, 15) is 0 Å². The lowest BCUT2D eigenvalue weighted by Gasteiger charge is -2.02. The van der Waals surface area contributed by atoms with E-state index in [1.807, 2.05) is 0 Å². The second-order valence-electron chi connectivity index (χ2n) is 0.933. The lowest BCUT2D eigenvalue weighted by molar-refractivity contribution is -0.167. The fraction of sp³-hybridized carbons (Fsp3) is 1.00. The van der Waals surface area contributed by atoms with Crippen LogP contribution in [0.2, 0.25) is 0 Å². The van der Waals surface area contributed by atoms with Gasteiger partial charge in [0.2, 0.25) is 0 Å². The van der Waals surface area contributed by atoms with Gasteiger partial charge in [-0.3, -0.25) is 0 Å². The second kappa shape index (κ2) is 4.01. The molecule has 0 heterocycles. The fourth-order valence-corrected chi connectivity index (χ4v) is 0.139. The predicted molar refractivity (Wildman–Crippen MR) is 21.3 cm³/mol. The second-order valence-corrected chi connectivity index (χ2v) is 0.933. The van der Waals surface area contributed by atoms with E-state index in [2.05, 4.69) is 4.74 Å². The number of ether oxygens (including phenoxy) is 1. The maximum atomic E-state index is 8.23. The summed E-state index contributed by atoms with van der Waals surface area (Å²) in [6.07, 6.45) is -1.25. The molecular formula is C3H8O4. The van der Waals surface area contributed by atoms with E-state index < -0.39 is 19.7 Å². The van der Waals surface area contributed by atoms with Gasteiger partial charge in [0.25, 0.3) is 0 Å². The van der Waals surface area contributed by atoms with Crippen molar-refractivity contribution >= 4 is 0 Å². The lowest BCUT2D eigenvalue weighted by atomic mass is 10.7. The Morgan fingerprint density at radius 3 is 2.14 bits per heavy atom. The summed E-state index contributed by atoms with van der Waals surface area (Å²) in [5.74, 6) is 0. The van der Waals surface area contributed by atoms with Crippen LogP contribution >= 0.6 is 0 Å². The molecule has 0 aromatic rings. The lowest BCUT2D eigenvalue weighted by Crippen LogP contribution is -2.16. The summed E-state index contributed by atoms with van der Waals surface area (Å²) in [6.45, 7) is -1.05. The summed E-state index contributed by atoms with van der Waals surface area (Å²) >= 11 is 0. The van der Waals surface area contributed by atoms with Gasteiger partial charge in [0.15, 0.2) is 6.29 Å². The SMILES string of the molecule is OCOC(O)CO. The molecule has 0 aliphatic carbocycles. The van der Waals surface area contributed by atoms with Crippen LogP contribution in [0.15, 0.2) is 0 Å². The third kappa shape index (κ3) is 3.68. The van der Waals surface area contributed by atoms with Gasteiger partial charge < -0.3 is 20.1 Å². The van der Waals surface area contributed by atoms with Crippen molar-refractivity contribution < 1.29 is 20.1 Å². The molecule has 0 saturated carbocycles. The molecule has 4 heteroatoms. The van der Waals surface area contributed by atoms with Gasteiger partial charge in [0, 0.05) is 0 Å². The largest absolute Gasteiger partial charge is 0.391 e. The van der Waals surface area contributed by atoms with Crippen LogP contribution in [0.1, 0.15) is 0 Å². The average molecular weight is 108 g/mol. The van der Waals surface area contributed by atoms with Gasteiger partial charge in [-0.25, -0.2) is 0 Å². The first kappa shape index (κ1) is 6.84. The Hall–Kier alpha value is -0.160. The van der Waals surface area contributed by atoms with Gasteiger partial charge in [-0.2, -0.15) is 0 Å². The highest BCUT2D eigenvalue weighted by Gasteiger charge is 1.96. The molecule has 0 aliphatic rings. The number of aliphatic hydroxyl groups is 3. The molecule has 1 unspecified atom stereocenters. The monoisotopic (exact) mass is 108 g/mol. The zero-order chi connectivity index (χ0) is 5.70. The van der Waals surface area contributed by atoms with Crippen LogP contribution in [-0.4, -0.2) is 35.0 Å². The summed E-state index contributed by atoms with van der Waals surface area (Å²) in [6, 6.07) is 0. The zero-order valence-electron chi connectivity index (χ0n) is 3.74. The van der Waals surface area contributed by atoms with Gasteiger partial charge in [-0.15, -0.1) is 0 Å². The summed E-state index contributed by atoms with van der Waals surface area (Å²) < 4.78 is 4.05. The van der Waals surface area contributed by atoms with Crippen molar-refractivity contribution in [2.45, 2.75) is 6.29 Å². The standard InChI is InChI=1S/C3H8O4/c4-1-3(6)7-2-5/h3-6H,1-2H2. The van der Waals surface area contributed by atoms with E-state index >= 15 is 0 Å². The Bertz CT molecular complexity index is 37.9. The van der Waals surface area contributed by atoms with Crippen molar-refractivity contribution in [1.82, 2.24) is 0 Å². The van der Waals surface area contributed by atoms with Gasteiger partial charge in [0.05, 0.1) is 6.61 Å². The minimum absolute atomic E-state index is 0.486. The molecule has 0 radical (unpaired) electrons. The normalized spacial score (nSPS) is 14.1. The molecule has 0 spiro atoms. The Balaban J connectivity index is 2.83. The highest BCUT2D eigenvalue weighted by atomic mass is 16.7. The molecular weight excluding hydrogens is 100 g/mol. The first-order chi connectivity index (χ1) is 3.31. The molecule has 0 bridgehead atoms. The number of rotatable bonds is 3. The minimum Gasteiger partial charge on any atom is -0.391 e. The Labute approximate surface area is 41.0 Å². The zero-order valence-corrected chi connectivity index (χ0v) is 3.74. The molecule has 7 heavy (non-hydrogen) atoms. The molecule has 0 aromatic carbocycles. The van der Waals surface area contributed by atoms with Crippen LogP contribution in [0, 0.1) is 0 Å². The van der Waals surface area contributed by atoms with E-state index in [1.165, 1.54) is 0 Å². The Morgan fingerprint density at radius 1 is 1.43 bits per heavy atom. The van der Waals surface area contributed by atoms with Crippen LogP contribution in [0.4, 0.5) is 0 Å².